The molecule has 3 nitrogen and oxygen atoms in total. The monoisotopic (exact) mass is 1220 g/mol. The smallest absolute Gasteiger partial charge is 0.289 e. The highest BCUT2D eigenvalue weighted by Gasteiger charge is 2.47. The first-order chi connectivity index (χ1) is 38.5. The van der Waals surface area contributed by atoms with Crippen molar-refractivity contribution in [3.05, 3.63) is 231 Å². The molecule has 442 valence electrons. The number of hydrogen-bond acceptors (Lipinski definition) is 2. The van der Waals surface area contributed by atoms with Gasteiger partial charge < -0.3 is 0 Å². The zero-order chi connectivity index (χ0) is 62.6. The summed E-state index contributed by atoms with van der Waals surface area (Å²) in [6.07, 6.45) is -50.9. The minimum absolute atomic E-state index is 0.00833. The number of carbonyl (C=O) groups is 2. The van der Waals surface area contributed by atoms with Crippen LogP contribution in [0.4, 0.5) is 105 Å². The number of hydrogen-bond donors (Lipinski definition) is 0. The Morgan fingerprint density at radius 3 is 0.869 bits per heavy atom. The van der Waals surface area contributed by atoms with Crippen LogP contribution in [0.3, 0.4) is 0 Å². The van der Waals surface area contributed by atoms with E-state index in [0.717, 1.165) is 10.8 Å². The molecule has 0 spiro atoms. The summed E-state index contributed by atoms with van der Waals surface area (Å²) in [7, 11) is 0. The van der Waals surface area contributed by atoms with Gasteiger partial charge in [-0.1, -0.05) is 121 Å². The molecule has 0 fully saturated rings. The van der Waals surface area contributed by atoms with Crippen molar-refractivity contribution in [1.29, 1.82) is 0 Å². The van der Waals surface area contributed by atoms with Gasteiger partial charge in [0.25, 0.3) is 0 Å². The standard InChI is InChI=1S/C32H12BF24.C24H18NO2/c34-25(35,36)13-1-14(26(37,38)39)6-21(5-13)33(22-7-15(27(40,41)42)2-16(8-22)28(43,44)45,23-9-17(29(46,47)48)3-18(10-23)30(49,50)51)24-11-19(31(52,53)54)4-20(12-24)32(55,56)57;26-23(17-25-15-14-18-6-4-5-9-22(18)16-25)19-10-12-21(13-11-19)24(27)20-7-2-1-3-8-20/h1-12H;1-16H,17H2/q-1;+1. The molecule has 84 heavy (non-hydrogen) atoms. The molecule has 0 aliphatic carbocycles. The maximum Gasteiger partial charge on any atom is 0.416 e. The predicted octanol–water partition coefficient (Wildman–Crippen LogP) is 15.5. The third-order valence-electron chi connectivity index (χ3n) is 13.0. The number of alkyl halides is 24. The van der Waals surface area contributed by atoms with Crippen LogP contribution in [-0.2, 0) is 56.0 Å². The van der Waals surface area contributed by atoms with E-state index in [2.05, 4.69) is 0 Å². The second kappa shape index (κ2) is 22.3. The Hall–Kier alpha value is -8.33. The maximum atomic E-state index is 14.2. The van der Waals surface area contributed by atoms with Gasteiger partial charge >= 0.3 is 49.4 Å². The predicted molar refractivity (Wildman–Crippen MR) is 255 cm³/mol. The van der Waals surface area contributed by atoms with Crippen LogP contribution in [0, 0.1) is 0 Å². The molecule has 1 heterocycles. The van der Waals surface area contributed by atoms with Crippen LogP contribution >= 0.6 is 0 Å². The summed E-state index contributed by atoms with van der Waals surface area (Å²) in [5, 5.41) is 2.24. The van der Waals surface area contributed by atoms with Crippen LogP contribution in [-0.4, -0.2) is 17.7 Å². The lowest BCUT2D eigenvalue weighted by Gasteiger charge is -2.46. The molecule has 0 aliphatic rings. The van der Waals surface area contributed by atoms with E-state index in [-0.39, 0.29) is 18.1 Å². The normalized spacial score (nSPS) is 13.1. The molecule has 28 heteroatoms. The Bertz CT molecular complexity index is 3300. The lowest BCUT2D eigenvalue weighted by Crippen LogP contribution is -2.75. The van der Waals surface area contributed by atoms with Gasteiger partial charge in [0.15, 0.2) is 18.2 Å². The van der Waals surface area contributed by atoms with Crippen LogP contribution in [0.2, 0.25) is 0 Å². The average molecular weight is 1220 g/mol. The van der Waals surface area contributed by atoms with Crippen molar-refractivity contribution in [3.63, 3.8) is 0 Å². The molecule has 0 bridgehead atoms. The molecule has 0 unspecified atom stereocenters. The first-order valence-corrected chi connectivity index (χ1v) is 23.4. The topological polar surface area (TPSA) is 38.0 Å². The van der Waals surface area contributed by atoms with E-state index in [0.29, 0.717) is 16.7 Å². The number of ketones is 2. The van der Waals surface area contributed by atoms with Crippen LogP contribution < -0.4 is 26.4 Å². The van der Waals surface area contributed by atoms with E-state index < -0.39 is 195 Å². The van der Waals surface area contributed by atoms with Crippen LogP contribution in [0.1, 0.15) is 70.8 Å². The highest BCUT2D eigenvalue weighted by molar-refractivity contribution is 7.20. The third kappa shape index (κ3) is 14.2. The van der Waals surface area contributed by atoms with E-state index in [4.69, 9.17) is 0 Å². The first kappa shape index (κ1) is 63.3. The van der Waals surface area contributed by atoms with Gasteiger partial charge in [0, 0.05) is 28.1 Å². The quantitative estimate of drug-likeness (QED) is 0.0625. The van der Waals surface area contributed by atoms with E-state index in [1.807, 2.05) is 65.5 Å². The zero-order valence-corrected chi connectivity index (χ0v) is 41.3. The molecule has 8 aromatic rings. The molecule has 7 aromatic carbocycles. The molecule has 1 aromatic heterocycles. The minimum atomic E-state index is -6.13. The van der Waals surface area contributed by atoms with E-state index in [1.165, 1.54) is 0 Å². The summed E-state index contributed by atoms with van der Waals surface area (Å²) in [6, 6.07) is 17.3. The number of nitrogens with zero attached hydrogens (tertiary/aromatic N) is 1. The number of Topliss-reactive ketones (excluding diaryl/α,β-unsaturated/α-hetero) is 1. The molecule has 0 saturated heterocycles. The van der Waals surface area contributed by atoms with E-state index in [1.54, 1.807) is 36.4 Å². The lowest BCUT2D eigenvalue weighted by atomic mass is 9.12. The number of carbonyl (C=O) groups excluding carboxylic acids is 2. The highest BCUT2D eigenvalue weighted by atomic mass is 19.4. The summed E-state index contributed by atoms with van der Waals surface area (Å²) in [6.45, 7) is 0.261. The van der Waals surface area contributed by atoms with Gasteiger partial charge in [-0.2, -0.15) is 132 Å². The van der Waals surface area contributed by atoms with Gasteiger partial charge in [-0.05, 0) is 35.7 Å². The molecular weight excluding hydrogens is 1190 g/mol. The maximum absolute atomic E-state index is 14.2. The fourth-order valence-corrected chi connectivity index (χ4v) is 9.17. The molecule has 0 atom stereocenters. The largest absolute Gasteiger partial charge is 0.416 e. The minimum Gasteiger partial charge on any atom is -0.289 e. The summed E-state index contributed by atoms with van der Waals surface area (Å²) in [5.41, 5.74) is -28.4. The van der Waals surface area contributed by atoms with Crippen LogP contribution in [0.15, 0.2) is 170 Å². The van der Waals surface area contributed by atoms with E-state index >= 15 is 0 Å². The van der Waals surface area contributed by atoms with Crippen molar-refractivity contribution < 1.29 is 120 Å². The zero-order valence-electron chi connectivity index (χ0n) is 41.3. The van der Waals surface area contributed by atoms with Crippen LogP contribution in [0.5, 0.6) is 0 Å². The number of benzene rings is 7. The first-order valence-electron chi connectivity index (χ1n) is 23.4. The summed E-state index contributed by atoms with van der Waals surface area (Å²) in [5.74, 6) is -0.0347. The summed E-state index contributed by atoms with van der Waals surface area (Å²) in [4.78, 5) is 25.0. The summed E-state index contributed by atoms with van der Waals surface area (Å²) >= 11 is 0. The van der Waals surface area contributed by atoms with Crippen molar-refractivity contribution in [2.45, 2.75) is 56.0 Å². The van der Waals surface area contributed by atoms with Gasteiger partial charge in [-0.3, -0.25) is 9.59 Å². The van der Waals surface area contributed by atoms with Gasteiger partial charge in [0.2, 0.25) is 12.3 Å². The molecular formula is C56H30BF24NO2. The number of fused-ring (bicyclic) bond motifs is 1. The Balaban J connectivity index is 0.000000309. The fraction of sp³-hybridized carbons (Fsp3) is 0.161. The fourth-order valence-electron chi connectivity index (χ4n) is 9.17. The van der Waals surface area contributed by atoms with Gasteiger partial charge in [0.1, 0.15) is 6.15 Å². The lowest BCUT2D eigenvalue weighted by molar-refractivity contribution is -0.681. The molecule has 0 N–H and O–H groups in total. The number of rotatable bonds is 9. The highest BCUT2D eigenvalue weighted by Crippen LogP contribution is 2.41. The van der Waals surface area contributed by atoms with Crippen molar-refractivity contribution in [2.24, 2.45) is 0 Å². The van der Waals surface area contributed by atoms with Crippen molar-refractivity contribution in [2.75, 3.05) is 0 Å². The van der Waals surface area contributed by atoms with E-state index in [9.17, 15) is 115 Å². The summed E-state index contributed by atoms with van der Waals surface area (Å²) < 4.78 is 343. The second-order valence-corrected chi connectivity index (χ2v) is 18.7. The van der Waals surface area contributed by atoms with Gasteiger partial charge in [-0.15, -0.1) is 0 Å². The molecule has 0 aliphatic heterocycles. The van der Waals surface area contributed by atoms with Crippen LogP contribution in [0.25, 0.3) is 10.8 Å². The molecule has 0 radical (unpaired) electrons. The number of halogens is 24. The molecule has 0 saturated carbocycles. The molecule has 0 amide bonds. The number of pyridine rings is 1. The van der Waals surface area contributed by atoms with Gasteiger partial charge in [0.05, 0.1) is 44.5 Å². The van der Waals surface area contributed by atoms with Crippen molar-refractivity contribution in [3.8, 4) is 0 Å². The van der Waals surface area contributed by atoms with Gasteiger partial charge in [-0.25, -0.2) is 0 Å². The Morgan fingerprint density at radius 1 is 0.310 bits per heavy atom. The molecule has 8 rings (SSSR count). The number of aromatic nitrogens is 1. The Labute approximate surface area is 456 Å². The third-order valence-corrected chi connectivity index (χ3v) is 13.0. The second-order valence-electron chi connectivity index (χ2n) is 18.7. The Morgan fingerprint density at radius 2 is 0.571 bits per heavy atom. The Kier molecular flexibility index (Phi) is 16.8. The van der Waals surface area contributed by atoms with Crippen molar-refractivity contribution >= 4 is 50.3 Å². The SMILES string of the molecule is FC(F)(F)c1cc([B-](c2cc(C(F)(F)F)cc(C(F)(F)F)c2)(c2cc(C(F)(F)F)cc(C(F)(F)F)c2)c2cc(C(F)(F)F)cc(C(F)(F)F)c2)cc(C(F)(F)F)c1.O=C(C[n+]1ccc2ccccc2c1)c1ccc(C(=O)c2ccccc2)cc1. The van der Waals surface area contributed by atoms with Crippen molar-refractivity contribution in [1.82, 2.24) is 0 Å². The average Bonchev–Trinajstić information content (AvgIpc) is 0.762.